The summed E-state index contributed by atoms with van der Waals surface area (Å²) in [6, 6.07) is 13.8. The smallest absolute Gasteiger partial charge is 0.328 e. The molecule has 0 saturated heterocycles. The van der Waals surface area contributed by atoms with E-state index in [9.17, 15) is 33.9 Å². The summed E-state index contributed by atoms with van der Waals surface area (Å²) in [6.45, 7) is 14.9. The molecule has 0 radical (unpaired) electrons. The van der Waals surface area contributed by atoms with E-state index >= 15 is 0 Å². The van der Waals surface area contributed by atoms with Crippen molar-refractivity contribution in [2.24, 2.45) is 23.7 Å². The molecule has 310 valence electrons. The van der Waals surface area contributed by atoms with Gasteiger partial charge in [0, 0.05) is 19.3 Å². The number of benzene rings is 2. The van der Waals surface area contributed by atoms with Crippen molar-refractivity contribution in [1.29, 1.82) is 0 Å². The first-order valence-electron chi connectivity index (χ1n) is 19.7. The number of rotatable bonds is 23. The highest BCUT2D eigenvalue weighted by atomic mass is 16.5. The number of aliphatic hydroxyl groups excluding tert-OH is 1. The van der Waals surface area contributed by atoms with Gasteiger partial charge in [0.05, 0.1) is 19.3 Å². The second-order valence-corrected chi connectivity index (χ2v) is 16.1. The molecule has 0 aromatic heterocycles. The van der Waals surface area contributed by atoms with Crippen molar-refractivity contribution in [3.05, 3.63) is 71.8 Å². The third-order valence-corrected chi connectivity index (χ3v) is 9.31. The van der Waals surface area contributed by atoms with E-state index in [-0.39, 0.29) is 61.7 Å². The van der Waals surface area contributed by atoms with Crippen LogP contribution < -0.4 is 26.6 Å². The van der Waals surface area contributed by atoms with Crippen LogP contribution in [-0.2, 0) is 46.3 Å². The SMILES string of the molecule is COC(=O)[C@@H](NC(=O)[C@H](Cc1ccccc1)NC(=O)CC[C@H](O)[C@H](Cc1ccccc1)NC(=O)[C@@H](NC(=O)[C@H](CC(C)C)NC(=O)CC(C)C)C(C)C)C(C)C. The van der Waals surface area contributed by atoms with Crippen molar-refractivity contribution in [2.45, 2.75) is 130 Å². The molecule has 2 rings (SSSR count). The maximum absolute atomic E-state index is 13.9. The van der Waals surface area contributed by atoms with Crippen molar-refractivity contribution in [1.82, 2.24) is 26.6 Å². The maximum Gasteiger partial charge on any atom is 0.328 e. The Bertz CT molecular complexity index is 1550. The van der Waals surface area contributed by atoms with Crippen LogP contribution in [0.3, 0.4) is 0 Å². The molecule has 2 aromatic rings. The van der Waals surface area contributed by atoms with E-state index in [0.717, 1.165) is 11.1 Å². The highest BCUT2D eigenvalue weighted by Gasteiger charge is 2.33. The fourth-order valence-electron chi connectivity index (χ4n) is 6.22. The first-order valence-corrected chi connectivity index (χ1v) is 19.7. The largest absolute Gasteiger partial charge is 0.467 e. The van der Waals surface area contributed by atoms with Gasteiger partial charge in [-0.25, -0.2) is 4.79 Å². The number of methoxy groups -OCH3 is 1. The summed E-state index contributed by atoms with van der Waals surface area (Å²) in [4.78, 5) is 79.4. The molecule has 0 spiro atoms. The zero-order chi connectivity index (χ0) is 41.9. The van der Waals surface area contributed by atoms with Gasteiger partial charge < -0.3 is 36.4 Å². The van der Waals surface area contributed by atoms with E-state index in [1.54, 1.807) is 27.7 Å². The number of esters is 1. The van der Waals surface area contributed by atoms with E-state index < -0.39 is 65.9 Å². The summed E-state index contributed by atoms with van der Waals surface area (Å²) in [7, 11) is 1.24. The quantitative estimate of drug-likeness (QED) is 0.0922. The Labute approximate surface area is 332 Å². The van der Waals surface area contributed by atoms with Gasteiger partial charge in [-0.05, 0) is 54.1 Å². The zero-order valence-electron chi connectivity index (χ0n) is 34.6. The first kappa shape index (κ1) is 47.4. The topological polar surface area (TPSA) is 192 Å². The van der Waals surface area contributed by atoms with Crippen LogP contribution in [-0.4, -0.2) is 84.0 Å². The van der Waals surface area contributed by atoms with Crippen LogP contribution in [0, 0.1) is 23.7 Å². The Morgan fingerprint density at radius 1 is 0.589 bits per heavy atom. The molecule has 0 aliphatic carbocycles. The monoisotopic (exact) mass is 779 g/mol. The van der Waals surface area contributed by atoms with Gasteiger partial charge in [0.1, 0.15) is 24.2 Å². The van der Waals surface area contributed by atoms with Crippen molar-refractivity contribution < 1.29 is 38.6 Å². The number of hydrogen-bond donors (Lipinski definition) is 6. The molecule has 0 bridgehead atoms. The molecule has 0 aliphatic heterocycles. The van der Waals surface area contributed by atoms with Crippen molar-refractivity contribution in [2.75, 3.05) is 7.11 Å². The Hall–Kier alpha value is -4.78. The molecular formula is C43H65N5O8. The normalized spacial score (nSPS) is 14.6. The van der Waals surface area contributed by atoms with E-state index in [1.165, 1.54) is 7.11 Å². The highest BCUT2D eigenvalue weighted by molar-refractivity contribution is 5.93. The standard InChI is InChI=1S/C43H65N5O8/c1-26(2)22-33(45-37(51)23-27(3)4)40(52)47-38(28(5)6)42(54)46-32(24-30-16-12-10-13-17-30)35(49)20-21-36(50)44-34(25-31-18-14-11-15-19-31)41(53)48-39(29(7)8)43(55)56-9/h10-19,26-29,32-35,38-39,49H,20-25H2,1-9H3,(H,44,50)(H,45,51)(H,46,54)(H,47,52)(H,48,53)/t32-,33-,34-,35-,38-,39-/m0/s1. The second kappa shape index (κ2) is 24.0. The van der Waals surface area contributed by atoms with Crippen LogP contribution in [0.1, 0.15) is 92.2 Å². The fraction of sp³-hybridized carbons (Fsp3) is 0.581. The van der Waals surface area contributed by atoms with Crippen LogP contribution in [0.25, 0.3) is 0 Å². The Kier molecular flexibility index (Phi) is 20.3. The number of carbonyl (C=O) groups is 6. The average molecular weight is 780 g/mol. The number of hydrogen-bond acceptors (Lipinski definition) is 8. The minimum Gasteiger partial charge on any atom is -0.467 e. The number of ether oxygens (including phenoxy) is 1. The summed E-state index contributed by atoms with van der Waals surface area (Å²) in [5, 5.41) is 25.6. The van der Waals surface area contributed by atoms with E-state index in [4.69, 9.17) is 4.74 Å². The predicted molar refractivity (Wildman–Crippen MR) is 216 cm³/mol. The molecule has 56 heavy (non-hydrogen) atoms. The number of nitrogens with one attached hydrogen (secondary N) is 5. The van der Waals surface area contributed by atoms with Crippen LogP contribution in [0.5, 0.6) is 0 Å². The van der Waals surface area contributed by atoms with Gasteiger partial charge >= 0.3 is 5.97 Å². The van der Waals surface area contributed by atoms with Gasteiger partial charge in [-0.1, -0.05) is 116 Å². The molecule has 2 aromatic carbocycles. The van der Waals surface area contributed by atoms with Gasteiger partial charge in [-0.3, -0.25) is 24.0 Å². The molecule has 0 unspecified atom stereocenters. The lowest BCUT2D eigenvalue weighted by Gasteiger charge is -2.30. The lowest BCUT2D eigenvalue weighted by atomic mass is 9.95. The molecule has 6 N–H and O–H groups in total. The molecule has 13 heteroatoms. The summed E-state index contributed by atoms with van der Waals surface area (Å²) < 4.78 is 4.87. The summed E-state index contributed by atoms with van der Waals surface area (Å²) >= 11 is 0. The molecule has 0 saturated carbocycles. The minimum atomic E-state index is -1.19. The van der Waals surface area contributed by atoms with Crippen LogP contribution in [0.4, 0.5) is 0 Å². The molecule has 0 heterocycles. The van der Waals surface area contributed by atoms with Crippen molar-refractivity contribution in [3.63, 3.8) is 0 Å². The van der Waals surface area contributed by atoms with E-state index in [1.807, 2.05) is 88.4 Å². The van der Waals surface area contributed by atoms with Crippen molar-refractivity contribution in [3.8, 4) is 0 Å². The maximum atomic E-state index is 13.9. The van der Waals surface area contributed by atoms with Crippen LogP contribution in [0.15, 0.2) is 60.7 Å². The van der Waals surface area contributed by atoms with Crippen molar-refractivity contribution >= 4 is 35.5 Å². The van der Waals surface area contributed by atoms with Gasteiger partial charge in [0.15, 0.2) is 0 Å². The number of carbonyl (C=O) groups excluding carboxylic acids is 6. The Morgan fingerprint density at radius 3 is 1.59 bits per heavy atom. The molecular weight excluding hydrogens is 714 g/mol. The van der Waals surface area contributed by atoms with Crippen LogP contribution in [0.2, 0.25) is 0 Å². The number of aliphatic hydroxyl groups is 1. The van der Waals surface area contributed by atoms with E-state index in [2.05, 4.69) is 26.6 Å². The van der Waals surface area contributed by atoms with Gasteiger partial charge in [0.25, 0.3) is 0 Å². The Morgan fingerprint density at radius 2 is 1.09 bits per heavy atom. The van der Waals surface area contributed by atoms with Crippen LogP contribution >= 0.6 is 0 Å². The number of amides is 5. The third kappa shape index (κ3) is 16.9. The van der Waals surface area contributed by atoms with Gasteiger partial charge in [-0.15, -0.1) is 0 Å². The second-order valence-electron chi connectivity index (χ2n) is 16.1. The molecule has 0 aliphatic rings. The lowest BCUT2D eigenvalue weighted by molar-refractivity contribution is -0.146. The molecule has 6 atom stereocenters. The lowest BCUT2D eigenvalue weighted by Crippen LogP contribution is -2.58. The average Bonchev–Trinajstić information content (AvgIpc) is 3.13. The first-order chi connectivity index (χ1) is 26.4. The fourth-order valence-corrected chi connectivity index (χ4v) is 6.22. The molecule has 5 amide bonds. The van der Waals surface area contributed by atoms with Gasteiger partial charge in [-0.2, -0.15) is 0 Å². The molecule has 13 nitrogen and oxygen atoms in total. The molecule has 0 fully saturated rings. The zero-order valence-corrected chi connectivity index (χ0v) is 34.6. The Balaban J connectivity index is 2.25. The van der Waals surface area contributed by atoms with E-state index in [0.29, 0.717) is 6.42 Å². The third-order valence-electron chi connectivity index (χ3n) is 9.31. The summed E-state index contributed by atoms with van der Waals surface area (Å²) in [5.74, 6) is -3.30. The minimum absolute atomic E-state index is 0.0584. The highest BCUT2D eigenvalue weighted by Crippen LogP contribution is 2.15. The predicted octanol–water partition coefficient (Wildman–Crippen LogP) is 3.61. The summed E-state index contributed by atoms with van der Waals surface area (Å²) in [5.41, 5.74) is 1.62. The van der Waals surface area contributed by atoms with Gasteiger partial charge in [0.2, 0.25) is 29.5 Å². The summed E-state index contributed by atoms with van der Waals surface area (Å²) in [6.07, 6.45) is -0.387.